The van der Waals surface area contributed by atoms with Crippen LogP contribution in [0.5, 0.6) is 11.5 Å². The summed E-state index contributed by atoms with van der Waals surface area (Å²) in [6.07, 6.45) is -0.995. The highest BCUT2D eigenvalue weighted by Crippen LogP contribution is 2.32. The molecule has 1 aliphatic heterocycles. The lowest BCUT2D eigenvalue weighted by Gasteiger charge is -2.19. The van der Waals surface area contributed by atoms with Gasteiger partial charge < -0.3 is 19.5 Å². The van der Waals surface area contributed by atoms with Gasteiger partial charge in [0.25, 0.3) is 5.91 Å². The van der Waals surface area contributed by atoms with Crippen molar-refractivity contribution in [1.82, 2.24) is 9.78 Å². The van der Waals surface area contributed by atoms with Gasteiger partial charge in [-0.05, 0) is 57.2 Å². The molecule has 0 fully saturated rings. The number of hydrogen-bond donors (Lipinski definition) is 1. The van der Waals surface area contributed by atoms with Gasteiger partial charge in [0.15, 0.2) is 17.6 Å². The number of fused-ring (bicyclic) bond motifs is 1. The van der Waals surface area contributed by atoms with Gasteiger partial charge in [0, 0.05) is 11.8 Å². The first-order chi connectivity index (χ1) is 15.3. The number of anilines is 1. The van der Waals surface area contributed by atoms with Crippen LogP contribution in [0.15, 0.2) is 42.5 Å². The minimum atomic E-state index is -0.995. The van der Waals surface area contributed by atoms with E-state index in [9.17, 15) is 9.59 Å². The van der Waals surface area contributed by atoms with E-state index in [1.807, 2.05) is 13.8 Å². The van der Waals surface area contributed by atoms with Gasteiger partial charge in [0.05, 0.1) is 27.7 Å². The zero-order chi connectivity index (χ0) is 22.8. The lowest BCUT2D eigenvalue weighted by molar-refractivity contribution is -0.123. The van der Waals surface area contributed by atoms with E-state index in [4.69, 9.17) is 25.8 Å². The summed E-state index contributed by atoms with van der Waals surface area (Å²) in [7, 11) is 0. The predicted molar refractivity (Wildman–Crippen MR) is 119 cm³/mol. The first kappa shape index (κ1) is 21.7. The van der Waals surface area contributed by atoms with E-state index in [0.29, 0.717) is 41.0 Å². The second-order valence-corrected chi connectivity index (χ2v) is 7.72. The molecule has 4 rings (SSSR count). The molecule has 1 aliphatic rings. The molecule has 8 nitrogen and oxygen atoms in total. The number of aromatic nitrogens is 2. The lowest BCUT2D eigenvalue weighted by Crippen LogP contribution is -2.30. The average Bonchev–Trinajstić information content (AvgIpc) is 3.06. The summed E-state index contributed by atoms with van der Waals surface area (Å²) in [5, 5.41) is 7.71. The molecule has 1 aromatic heterocycles. The van der Waals surface area contributed by atoms with Crippen molar-refractivity contribution in [2.24, 2.45) is 0 Å². The molecule has 2 aromatic carbocycles. The van der Waals surface area contributed by atoms with Crippen LogP contribution in [0.25, 0.3) is 5.69 Å². The maximum atomic E-state index is 12.5. The number of benzene rings is 2. The minimum Gasteiger partial charge on any atom is -0.486 e. The highest BCUT2D eigenvalue weighted by atomic mass is 35.5. The predicted octanol–water partition coefficient (Wildman–Crippen LogP) is 4.10. The number of hydrogen-bond acceptors (Lipinski definition) is 6. The number of carbonyl (C=O) groups is 2. The Morgan fingerprint density at radius 1 is 1.09 bits per heavy atom. The molecule has 0 saturated heterocycles. The molecule has 3 aromatic rings. The number of nitrogens with zero attached hydrogens (tertiary/aromatic N) is 2. The number of aryl methyl sites for hydroxylation is 1. The Balaban J connectivity index is 1.38. The first-order valence-electron chi connectivity index (χ1n) is 10.1. The zero-order valence-corrected chi connectivity index (χ0v) is 18.6. The van der Waals surface area contributed by atoms with E-state index in [1.165, 1.54) is 6.92 Å². The molecule has 0 spiro atoms. The van der Waals surface area contributed by atoms with Crippen molar-refractivity contribution in [3.05, 3.63) is 64.4 Å². The van der Waals surface area contributed by atoms with Crippen molar-refractivity contribution in [2.75, 3.05) is 18.5 Å². The van der Waals surface area contributed by atoms with Crippen LogP contribution in [0.4, 0.5) is 5.69 Å². The van der Waals surface area contributed by atoms with Crippen LogP contribution in [0, 0.1) is 13.8 Å². The summed E-state index contributed by atoms with van der Waals surface area (Å²) >= 11 is 6.20. The van der Waals surface area contributed by atoms with Crippen LogP contribution in [0.2, 0.25) is 5.02 Å². The topological polar surface area (TPSA) is 91.7 Å². The number of rotatable bonds is 5. The van der Waals surface area contributed by atoms with E-state index in [1.54, 1.807) is 47.1 Å². The van der Waals surface area contributed by atoms with Gasteiger partial charge in [-0.1, -0.05) is 11.6 Å². The van der Waals surface area contributed by atoms with E-state index in [0.717, 1.165) is 17.1 Å². The van der Waals surface area contributed by atoms with Crippen molar-refractivity contribution < 1.29 is 23.8 Å². The van der Waals surface area contributed by atoms with Crippen LogP contribution in [-0.4, -0.2) is 41.0 Å². The SMILES string of the molecule is Cc1nn(-c2ccc(C(=O)OC(C)C(=O)Nc3ccc4c(c3)OCCO4)cc2)c(C)c1Cl. The van der Waals surface area contributed by atoms with Gasteiger partial charge in [-0.2, -0.15) is 5.10 Å². The quantitative estimate of drug-likeness (QED) is 0.582. The molecule has 32 heavy (non-hydrogen) atoms. The molecule has 0 radical (unpaired) electrons. The van der Waals surface area contributed by atoms with Crippen LogP contribution in [0.3, 0.4) is 0 Å². The Kier molecular flexibility index (Phi) is 6.05. The molecular formula is C23H22ClN3O5. The molecule has 166 valence electrons. The van der Waals surface area contributed by atoms with Crippen molar-refractivity contribution in [2.45, 2.75) is 26.9 Å². The zero-order valence-electron chi connectivity index (χ0n) is 17.8. The fourth-order valence-electron chi connectivity index (χ4n) is 3.26. The third-order valence-electron chi connectivity index (χ3n) is 5.01. The number of ether oxygens (including phenoxy) is 3. The van der Waals surface area contributed by atoms with Gasteiger partial charge in [0.2, 0.25) is 0 Å². The molecule has 1 atom stereocenters. The molecule has 1 unspecified atom stereocenters. The molecule has 9 heteroatoms. The summed E-state index contributed by atoms with van der Waals surface area (Å²) < 4.78 is 18.0. The monoisotopic (exact) mass is 455 g/mol. The Hall–Kier alpha value is -3.52. The second kappa shape index (κ2) is 8.92. The fraction of sp³-hybridized carbons (Fsp3) is 0.261. The maximum absolute atomic E-state index is 12.5. The summed E-state index contributed by atoms with van der Waals surface area (Å²) in [4.78, 5) is 25.0. The van der Waals surface area contributed by atoms with Crippen LogP contribution in [-0.2, 0) is 9.53 Å². The Morgan fingerprint density at radius 2 is 1.78 bits per heavy atom. The molecule has 0 aliphatic carbocycles. The summed E-state index contributed by atoms with van der Waals surface area (Å²) in [6, 6.07) is 11.8. The highest BCUT2D eigenvalue weighted by Gasteiger charge is 2.21. The van der Waals surface area contributed by atoms with Crippen molar-refractivity contribution in [3.63, 3.8) is 0 Å². The van der Waals surface area contributed by atoms with Crippen LogP contribution >= 0.6 is 11.6 Å². The lowest BCUT2D eigenvalue weighted by atomic mass is 10.2. The maximum Gasteiger partial charge on any atom is 0.338 e. The number of nitrogens with one attached hydrogen (secondary N) is 1. The Labute approximate surface area is 190 Å². The molecule has 0 saturated carbocycles. The van der Waals surface area contributed by atoms with E-state index < -0.39 is 18.0 Å². The largest absolute Gasteiger partial charge is 0.486 e. The van der Waals surface area contributed by atoms with E-state index >= 15 is 0 Å². The third-order valence-corrected chi connectivity index (χ3v) is 5.56. The normalized spacial score (nSPS) is 13.4. The van der Waals surface area contributed by atoms with Crippen molar-refractivity contribution in [1.29, 1.82) is 0 Å². The first-order valence-corrected chi connectivity index (χ1v) is 10.4. The number of esters is 1. The van der Waals surface area contributed by atoms with Crippen LogP contribution in [0.1, 0.15) is 28.7 Å². The van der Waals surface area contributed by atoms with Crippen molar-refractivity contribution >= 4 is 29.2 Å². The molecule has 2 heterocycles. The molecule has 0 bridgehead atoms. The summed E-state index contributed by atoms with van der Waals surface area (Å²) in [6.45, 7) is 6.14. The minimum absolute atomic E-state index is 0.320. The Morgan fingerprint density at radius 3 is 2.44 bits per heavy atom. The van der Waals surface area contributed by atoms with E-state index in [2.05, 4.69) is 10.4 Å². The van der Waals surface area contributed by atoms with Gasteiger partial charge >= 0.3 is 5.97 Å². The fourth-order valence-corrected chi connectivity index (χ4v) is 3.38. The number of carbonyl (C=O) groups excluding carboxylic acids is 2. The van der Waals surface area contributed by atoms with Crippen molar-refractivity contribution in [3.8, 4) is 17.2 Å². The smallest absolute Gasteiger partial charge is 0.338 e. The molecule has 1 amide bonds. The number of halogens is 1. The summed E-state index contributed by atoms with van der Waals surface area (Å²) in [5.41, 5.74) is 3.14. The summed E-state index contributed by atoms with van der Waals surface area (Å²) in [5.74, 6) is 0.124. The van der Waals surface area contributed by atoms with Gasteiger partial charge in [0.1, 0.15) is 13.2 Å². The van der Waals surface area contributed by atoms with Crippen LogP contribution < -0.4 is 14.8 Å². The molecular weight excluding hydrogens is 434 g/mol. The average molecular weight is 456 g/mol. The highest BCUT2D eigenvalue weighted by molar-refractivity contribution is 6.31. The number of amides is 1. The Bertz CT molecular complexity index is 1170. The second-order valence-electron chi connectivity index (χ2n) is 7.34. The van der Waals surface area contributed by atoms with Gasteiger partial charge in [-0.25, -0.2) is 9.48 Å². The molecule has 1 N–H and O–H groups in total. The van der Waals surface area contributed by atoms with Gasteiger partial charge in [-0.3, -0.25) is 4.79 Å². The van der Waals surface area contributed by atoms with Gasteiger partial charge in [-0.15, -0.1) is 0 Å². The third kappa shape index (κ3) is 4.40. The standard InChI is InChI=1S/C23H22ClN3O5/c1-13-21(24)14(2)27(26-13)18-7-4-16(5-8-18)23(29)32-15(3)22(28)25-17-6-9-19-20(12-17)31-11-10-30-19/h4-9,12,15H,10-11H2,1-3H3,(H,25,28). The van der Waals surface area contributed by atoms with E-state index in [-0.39, 0.29) is 0 Å².